The van der Waals surface area contributed by atoms with Crippen LogP contribution in [0.4, 0.5) is 0 Å². The molecule has 2 heteroatoms. The molecule has 0 N–H and O–H groups in total. The van der Waals surface area contributed by atoms with E-state index in [0.29, 0.717) is 0 Å². The predicted molar refractivity (Wildman–Crippen MR) is 36.0 cm³/mol. The molecule has 0 heterocycles. The van der Waals surface area contributed by atoms with E-state index >= 15 is 0 Å². The number of allylic oxidation sites excluding steroid dienone is 2. The minimum Gasteiger partial charge on any atom is -0.549 e. The highest BCUT2D eigenvalue weighted by molar-refractivity contribution is 5.74. The zero-order valence-electron chi connectivity index (χ0n) is 5.83. The van der Waals surface area contributed by atoms with Crippen molar-refractivity contribution in [2.75, 3.05) is 0 Å². The SMILES string of the molecule is CC1=CCC=C[C@H]1C(=O)[O-]. The Labute approximate surface area is 59.9 Å². The maximum absolute atomic E-state index is 10.4. The van der Waals surface area contributed by atoms with E-state index in [1.807, 2.05) is 19.1 Å². The number of carbonyl (C=O) groups is 1. The quantitative estimate of drug-likeness (QED) is 0.486. The summed E-state index contributed by atoms with van der Waals surface area (Å²) in [5.41, 5.74) is 0.877. The van der Waals surface area contributed by atoms with Crippen molar-refractivity contribution < 1.29 is 9.90 Å². The fourth-order valence-electron chi connectivity index (χ4n) is 1.01. The molecule has 0 aromatic carbocycles. The van der Waals surface area contributed by atoms with Gasteiger partial charge in [-0.05, 0) is 13.3 Å². The van der Waals surface area contributed by atoms with E-state index in [0.717, 1.165) is 12.0 Å². The second kappa shape index (κ2) is 2.69. The van der Waals surface area contributed by atoms with Crippen LogP contribution in [-0.2, 0) is 4.79 Å². The van der Waals surface area contributed by atoms with Crippen molar-refractivity contribution in [3.05, 3.63) is 23.8 Å². The molecule has 1 rings (SSSR count). The Morgan fingerprint density at radius 3 is 2.90 bits per heavy atom. The van der Waals surface area contributed by atoms with Gasteiger partial charge in [0, 0.05) is 5.92 Å². The monoisotopic (exact) mass is 137 g/mol. The summed E-state index contributed by atoms with van der Waals surface area (Å²) < 4.78 is 0. The first-order chi connectivity index (χ1) is 4.72. The summed E-state index contributed by atoms with van der Waals surface area (Å²) in [6, 6.07) is 0. The Morgan fingerprint density at radius 1 is 1.80 bits per heavy atom. The number of carboxylic acid groups (broad SMARTS) is 1. The number of carbonyl (C=O) groups excluding carboxylic acids is 1. The minimum absolute atomic E-state index is 0.492. The lowest BCUT2D eigenvalue weighted by atomic mass is 9.95. The van der Waals surface area contributed by atoms with Crippen LogP contribution < -0.4 is 5.11 Å². The summed E-state index contributed by atoms with van der Waals surface area (Å²) in [7, 11) is 0. The third-order valence-electron chi connectivity index (χ3n) is 1.65. The topological polar surface area (TPSA) is 40.1 Å². The normalized spacial score (nSPS) is 24.1. The van der Waals surface area contributed by atoms with Crippen molar-refractivity contribution in [1.82, 2.24) is 0 Å². The Morgan fingerprint density at radius 2 is 2.50 bits per heavy atom. The van der Waals surface area contributed by atoms with Gasteiger partial charge < -0.3 is 9.90 Å². The Hall–Kier alpha value is -1.05. The van der Waals surface area contributed by atoms with Gasteiger partial charge in [0.15, 0.2) is 0 Å². The van der Waals surface area contributed by atoms with E-state index in [2.05, 4.69) is 0 Å². The fraction of sp³-hybridized carbons (Fsp3) is 0.375. The maximum atomic E-state index is 10.4. The molecule has 54 valence electrons. The zero-order chi connectivity index (χ0) is 7.56. The van der Waals surface area contributed by atoms with Crippen molar-refractivity contribution in [3.63, 3.8) is 0 Å². The minimum atomic E-state index is -1.01. The molecule has 0 fully saturated rings. The van der Waals surface area contributed by atoms with Crippen LogP contribution in [0.2, 0.25) is 0 Å². The van der Waals surface area contributed by atoms with Crippen molar-refractivity contribution in [2.45, 2.75) is 13.3 Å². The van der Waals surface area contributed by atoms with Crippen LogP contribution in [0.25, 0.3) is 0 Å². The van der Waals surface area contributed by atoms with Crippen molar-refractivity contribution in [1.29, 1.82) is 0 Å². The molecule has 0 aromatic rings. The maximum Gasteiger partial charge on any atom is 0.0523 e. The van der Waals surface area contributed by atoms with E-state index in [1.165, 1.54) is 0 Å². The lowest BCUT2D eigenvalue weighted by molar-refractivity contribution is -0.308. The molecule has 0 radical (unpaired) electrons. The Kier molecular flexibility index (Phi) is 1.90. The standard InChI is InChI=1S/C8H10O2/c1-6-4-2-3-5-7(6)8(9)10/h3-5,7H,2H2,1H3,(H,9,10)/p-1/t7-/m1/s1. The molecule has 1 aliphatic rings. The van der Waals surface area contributed by atoms with Crippen LogP contribution in [0.5, 0.6) is 0 Å². The summed E-state index contributed by atoms with van der Waals surface area (Å²) in [5.74, 6) is -1.50. The number of hydrogen-bond donors (Lipinski definition) is 0. The van der Waals surface area contributed by atoms with Gasteiger partial charge in [-0.25, -0.2) is 0 Å². The highest BCUT2D eigenvalue weighted by Crippen LogP contribution is 2.16. The number of aliphatic carboxylic acids is 1. The van der Waals surface area contributed by atoms with Crippen molar-refractivity contribution in [2.24, 2.45) is 5.92 Å². The molecular formula is C8H9O2-. The molecule has 2 nitrogen and oxygen atoms in total. The summed E-state index contributed by atoms with van der Waals surface area (Å²) in [4.78, 5) is 10.4. The van der Waals surface area contributed by atoms with Gasteiger partial charge in [0.1, 0.15) is 0 Å². The van der Waals surface area contributed by atoms with Crippen LogP contribution in [0.15, 0.2) is 23.8 Å². The number of rotatable bonds is 1. The largest absolute Gasteiger partial charge is 0.549 e. The predicted octanol–water partition coefficient (Wildman–Crippen LogP) is 0.259. The van der Waals surface area contributed by atoms with E-state index in [9.17, 15) is 9.90 Å². The summed E-state index contributed by atoms with van der Waals surface area (Å²) in [6.07, 6.45) is 6.26. The number of carboxylic acids is 1. The third kappa shape index (κ3) is 1.26. The molecule has 0 unspecified atom stereocenters. The van der Waals surface area contributed by atoms with Crippen LogP contribution in [0.3, 0.4) is 0 Å². The Balaban J connectivity index is 2.75. The van der Waals surface area contributed by atoms with Crippen LogP contribution in [-0.4, -0.2) is 5.97 Å². The molecule has 0 aromatic heterocycles. The molecule has 10 heavy (non-hydrogen) atoms. The average Bonchev–Trinajstić information content (AvgIpc) is 1.88. The van der Waals surface area contributed by atoms with Crippen LogP contribution >= 0.6 is 0 Å². The first kappa shape index (κ1) is 7.06. The Bertz CT molecular complexity index is 201. The van der Waals surface area contributed by atoms with E-state index < -0.39 is 11.9 Å². The van der Waals surface area contributed by atoms with Crippen LogP contribution in [0, 0.1) is 5.92 Å². The van der Waals surface area contributed by atoms with Gasteiger partial charge in [-0.1, -0.05) is 23.8 Å². The summed E-state index contributed by atoms with van der Waals surface area (Å²) >= 11 is 0. The zero-order valence-corrected chi connectivity index (χ0v) is 5.83. The van der Waals surface area contributed by atoms with E-state index in [1.54, 1.807) is 6.08 Å². The van der Waals surface area contributed by atoms with E-state index in [4.69, 9.17) is 0 Å². The first-order valence-corrected chi connectivity index (χ1v) is 3.26. The number of hydrogen-bond acceptors (Lipinski definition) is 2. The van der Waals surface area contributed by atoms with Crippen molar-refractivity contribution in [3.8, 4) is 0 Å². The molecule has 0 saturated heterocycles. The smallest absolute Gasteiger partial charge is 0.0523 e. The first-order valence-electron chi connectivity index (χ1n) is 3.26. The molecule has 0 aliphatic heterocycles. The van der Waals surface area contributed by atoms with Gasteiger partial charge in [0.2, 0.25) is 0 Å². The third-order valence-corrected chi connectivity index (χ3v) is 1.65. The van der Waals surface area contributed by atoms with Gasteiger partial charge in [-0.2, -0.15) is 0 Å². The molecule has 0 spiro atoms. The highest BCUT2D eigenvalue weighted by atomic mass is 16.4. The molecule has 1 aliphatic carbocycles. The molecule has 0 saturated carbocycles. The van der Waals surface area contributed by atoms with E-state index in [-0.39, 0.29) is 0 Å². The molecule has 1 atom stereocenters. The lowest BCUT2D eigenvalue weighted by Gasteiger charge is -2.17. The molecule has 0 amide bonds. The molecular weight excluding hydrogens is 128 g/mol. The van der Waals surface area contributed by atoms with Gasteiger partial charge in [-0.3, -0.25) is 0 Å². The van der Waals surface area contributed by atoms with Gasteiger partial charge in [0.05, 0.1) is 5.97 Å². The fourth-order valence-corrected chi connectivity index (χ4v) is 1.01. The second-order valence-corrected chi connectivity index (χ2v) is 2.41. The lowest BCUT2D eigenvalue weighted by Crippen LogP contribution is -2.31. The molecule has 0 bridgehead atoms. The average molecular weight is 137 g/mol. The highest BCUT2D eigenvalue weighted by Gasteiger charge is 2.09. The second-order valence-electron chi connectivity index (χ2n) is 2.41. The van der Waals surface area contributed by atoms with Gasteiger partial charge >= 0.3 is 0 Å². The van der Waals surface area contributed by atoms with Crippen LogP contribution in [0.1, 0.15) is 13.3 Å². The summed E-state index contributed by atoms with van der Waals surface area (Å²) in [5, 5.41) is 10.4. The van der Waals surface area contributed by atoms with Gasteiger partial charge in [0.25, 0.3) is 0 Å². The van der Waals surface area contributed by atoms with Gasteiger partial charge in [-0.15, -0.1) is 0 Å². The summed E-state index contributed by atoms with van der Waals surface area (Å²) in [6.45, 7) is 1.81. The van der Waals surface area contributed by atoms with Crippen molar-refractivity contribution >= 4 is 5.97 Å².